The van der Waals surface area contributed by atoms with E-state index in [1.54, 1.807) is 0 Å². The second-order valence-electron chi connectivity index (χ2n) is 4.19. The summed E-state index contributed by atoms with van der Waals surface area (Å²) in [6.45, 7) is 1.09. The third-order valence-electron chi connectivity index (χ3n) is 2.91. The van der Waals surface area contributed by atoms with Crippen LogP contribution in [0.1, 0.15) is 28.8 Å². The Balaban J connectivity index is 2.40. The van der Waals surface area contributed by atoms with E-state index < -0.39 is 17.6 Å². The van der Waals surface area contributed by atoms with E-state index in [-0.39, 0.29) is 5.56 Å². The van der Waals surface area contributed by atoms with Crippen molar-refractivity contribution in [1.29, 1.82) is 0 Å². The van der Waals surface area contributed by atoms with E-state index in [0.717, 1.165) is 18.9 Å². The minimum absolute atomic E-state index is 0.246. The van der Waals surface area contributed by atoms with Crippen molar-refractivity contribution in [2.75, 3.05) is 13.1 Å². The smallest absolute Gasteiger partial charge is 0.339 e. The number of rotatable bonds is 1. The molecule has 0 spiro atoms. The molecule has 2 nitrogen and oxygen atoms in total. The van der Waals surface area contributed by atoms with Crippen molar-refractivity contribution in [3.05, 3.63) is 32.9 Å². The van der Waals surface area contributed by atoms with Crippen LogP contribution in [0.25, 0.3) is 0 Å². The normalized spacial score (nSPS) is 16.1. The molecule has 0 atom stereocenters. The van der Waals surface area contributed by atoms with E-state index in [0.29, 0.717) is 16.7 Å². The number of carbonyl (C=O) groups is 1. The molecule has 0 saturated carbocycles. The SMILES string of the molecule is O=C(c1ccc(I)cc1C(F)(F)F)N1CCCC1. The third-order valence-corrected chi connectivity index (χ3v) is 3.58. The van der Waals surface area contributed by atoms with E-state index in [1.165, 1.54) is 17.0 Å². The standard InChI is InChI=1S/C12H11F3INO/c13-12(14,15)10-7-8(16)3-4-9(10)11(18)17-5-1-2-6-17/h3-4,7H,1-2,5-6H2. The molecule has 1 heterocycles. The molecule has 0 unspecified atom stereocenters. The van der Waals surface area contributed by atoms with Crippen LogP contribution >= 0.6 is 22.6 Å². The van der Waals surface area contributed by atoms with Gasteiger partial charge in [0, 0.05) is 16.7 Å². The van der Waals surface area contributed by atoms with Gasteiger partial charge in [-0.15, -0.1) is 0 Å². The molecular formula is C12H11F3INO. The van der Waals surface area contributed by atoms with Gasteiger partial charge in [0.05, 0.1) is 11.1 Å². The predicted octanol–water partition coefficient (Wildman–Crippen LogP) is 3.55. The lowest BCUT2D eigenvalue weighted by Gasteiger charge is -2.19. The lowest BCUT2D eigenvalue weighted by Crippen LogP contribution is -2.29. The molecule has 1 aliphatic heterocycles. The summed E-state index contributed by atoms with van der Waals surface area (Å²) in [7, 11) is 0. The van der Waals surface area contributed by atoms with Crippen LogP contribution in [0.15, 0.2) is 18.2 Å². The maximum absolute atomic E-state index is 12.9. The first-order chi connectivity index (χ1) is 8.39. The molecule has 1 aliphatic rings. The first-order valence-corrected chi connectivity index (χ1v) is 6.63. The summed E-state index contributed by atoms with van der Waals surface area (Å²) in [6.07, 6.45) is -2.78. The number of hydrogen-bond acceptors (Lipinski definition) is 1. The van der Waals surface area contributed by atoms with Crippen LogP contribution in [-0.4, -0.2) is 23.9 Å². The molecule has 0 aliphatic carbocycles. The van der Waals surface area contributed by atoms with Crippen LogP contribution in [0, 0.1) is 3.57 Å². The van der Waals surface area contributed by atoms with E-state index in [9.17, 15) is 18.0 Å². The minimum Gasteiger partial charge on any atom is -0.339 e. The first-order valence-electron chi connectivity index (χ1n) is 5.55. The van der Waals surface area contributed by atoms with Crippen LogP contribution in [0.3, 0.4) is 0 Å². The van der Waals surface area contributed by atoms with E-state index in [4.69, 9.17) is 0 Å². The Morgan fingerprint density at radius 3 is 2.39 bits per heavy atom. The zero-order valence-electron chi connectivity index (χ0n) is 9.43. The molecule has 0 aromatic heterocycles. The molecule has 1 amide bonds. The summed E-state index contributed by atoms with van der Waals surface area (Å²) in [6, 6.07) is 3.81. The summed E-state index contributed by atoms with van der Waals surface area (Å²) in [4.78, 5) is 13.5. The van der Waals surface area contributed by atoms with Crippen molar-refractivity contribution >= 4 is 28.5 Å². The molecule has 0 N–H and O–H groups in total. The average molecular weight is 369 g/mol. The number of alkyl halides is 3. The Morgan fingerprint density at radius 2 is 1.83 bits per heavy atom. The molecule has 0 radical (unpaired) electrons. The van der Waals surface area contributed by atoms with Gasteiger partial charge < -0.3 is 4.90 Å². The van der Waals surface area contributed by atoms with Crippen molar-refractivity contribution in [3.8, 4) is 0 Å². The molecule has 98 valence electrons. The fourth-order valence-corrected chi connectivity index (χ4v) is 2.52. The maximum atomic E-state index is 12.9. The van der Waals surface area contributed by atoms with E-state index in [1.807, 2.05) is 22.6 Å². The topological polar surface area (TPSA) is 20.3 Å². The Kier molecular flexibility index (Phi) is 3.84. The van der Waals surface area contributed by atoms with E-state index in [2.05, 4.69) is 0 Å². The largest absolute Gasteiger partial charge is 0.417 e. The molecular weight excluding hydrogens is 358 g/mol. The second-order valence-corrected chi connectivity index (χ2v) is 5.43. The summed E-state index contributed by atoms with van der Waals surface area (Å²) in [5, 5.41) is 0. The Labute approximate surface area is 116 Å². The Morgan fingerprint density at radius 1 is 1.22 bits per heavy atom. The highest BCUT2D eigenvalue weighted by molar-refractivity contribution is 14.1. The minimum atomic E-state index is -4.49. The van der Waals surface area contributed by atoms with Gasteiger partial charge in [-0.1, -0.05) is 0 Å². The molecule has 1 aromatic carbocycles. The molecule has 1 fully saturated rings. The lowest BCUT2D eigenvalue weighted by molar-refractivity contribution is -0.138. The highest BCUT2D eigenvalue weighted by Crippen LogP contribution is 2.34. The summed E-state index contributed by atoms with van der Waals surface area (Å²) in [5.41, 5.74) is -1.09. The lowest BCUT2D eigenvalue weighted by atomic mass is 10.1. The van der Waals surface area contributed by atoms with Crippen LogP contribution < -0.4 is 0 Å². The molecule has 1 saturated heterocycles. The zero-order chi connectivity index (χ0) is 13.3. The monoisotopic (exact) mass is 369 g/mol. The van der Waals surface area contributed by atoms with Gasteiger partial charge in [0.15, 0.2) is 0 Å². The van der Waals surface area contributed by atoms with Crippen molar-refractivity contribution in [2.24, 2.45) is 0 Å². The second kappa shape index (κ2) is 5.07. The number of nitrogens with zero attached hydrogens (tertiary/aromatic N) is 1. The number of carbonyl (C=O) groups excluding carboxylic acids is 1. The van der Waals surface area contributed by atoms with E-state index >= 15 is 0 Å². The van der Waals surface area contributed by atoms with Crippen LogP contribution in [0.2, 0.25) is 0 Å². The maximum Gasteiger partial charge on any atom is 0.417 e. The number of benzene rings is 1. The van der Waals surface area contributed by atoms with Crippen molar-refractivity contribution in [3.63, 3.8) is 0 Å². The van der Waals surface area contributed by atoms with Crippen LogP contribution in [-0.2, 0) is 6.18 Å². The van der Waals surface area contributed by atoms with Gasteiger partial charge in [-0.05, 0) is 53.6 Å². The van der Waals surface area contributed by atoms with Gasteiger partial charge in [-0.3, -0.25) is 4.79 Å². The number of halogens is 4. The quantitative estimate of drug-likeness (QED) is 0.694. The fourth-order valence-electron chi connectivity index (χ4n) is 2.03. The Hall–Kier alpha value is -0.790. The van der Waals surface area contributed by atoms with Gasteiger partial charge in [-0.25, -0.2) is 0 Å². The number of likely N-dealkylation sites (tertiary alicyclic amines) is 1. The van der Waals surface area contributed by atoms with Gasteiger partial charge >= 0.3 is 6.18 Å². The number of hydrogen-bond donors (Lipinski definition) is 0. The fraction of sp³-hybridized carbons (Fsp3) is 0.417. The molecule has 0 bridgehead atoms. The van der Waals surface area contributed by atoms with Crippen LogP contribution in [0.4, 0.5) is 13.2 Å². The molecule has 2 rings (SSSR count). The first kappa shape index (κ1) is 13.6. The molecule has 1 aromatic rings. The van der Waals surface area contributed by atoms with Gasteiger partial charge in [0.2, 0.25) is 0 Å². The average Bonchev–Trinajstić information content (AvgIpc) is 2.80. The number of amides is 1. The highest BCUT2D eigenvalue weighted by Gasteiger charge is 2.36. The highest BCUT2D eigenvalue weighted by atomic mass is 127. The zero-order valence-corrected chi connectivity index (χ0v) is 11.6. The Bertz CT molecular complexity index is 467. The van der Waals surface area contributed by atoms with Crippen LogP contribution in [0.5, 0.6) is 0 Å². The molecule has 6 heteroatoms. The van der Waals surface area contributed by atoms with Gasteiger partial charge in [0.1, 0.15) is 0 Å². The van der Waals surface area contributed by atoms with Crippen molar-refractivity contribution in [2.45, 2.75) is 19.0 Å². The molecule has 18 heavy (non-hydrogen) atoms. The summed E-state index contributed by atoms with van der Waals surface area (Å²) < 4.78 is 39.2. The predicted molar refractivity (Wildman–Crippen MR) is 69.3 cm³/mol. The third kappa shape index (κ3) is 2.78. The van der Waals surface area contributed by atoms with Crippen molar-refractivity contribution in [1.82, 2.24) is 4.90 Å². The van der Waals surface area contributed by atoms with Gasteiger partial charge in [-0.2, -0.15) is 13.2 Å². The summed E-state index contributed by atoms with van der Waals surface area (Å²) in [5.74, 6) is -0.517. The van der Waals surface area contributed by atoms with Gasteiger partial charge in [0.25, 0.3) is 5.91 Å². The summed E-state index contributed by atoms with van der Waals surface area (Å²) >= 11 is 1.81. The van der Waals surface area contributed by atoms with Crippen molar-refractivity contribution < 1.29 is 18.0 Å².